The molecule has 0 saturated carbocycles. The molecule has 0 aliphatic heterocycles. The van der Waals surface area contributed by atoms with Crippen LogP contribution in [-0.4, -0.2) is 14.0 Å². The molecule has 0 unspecified atom stereocenters. The average molecular weight is 343 g/mol. The van der Waals surface area contributed by atoms with E-state index in [0.717, 1.165) is 34.5 Å². The lowest BCUT2D eigenvalue weighted by molar-refractivity contribution is 0.946. The Morgan fingerprint density at radius 1 is 0.962 bits per heavy atom. The first-order chi connectivity index (χ1) is 12.5. The van der Waals surface area contributed by atoms with Crippen LogP contribution in [0.5, 0.6) is 0 Å². The predicted octanol–water partition coefficient (Wildman–Crippen LogP) is 4.33. The van der Waals surface area contributed by atoms with E-state index in [1.54, 1.807) is 15.2 Å². The number of benzene rings is 2. The Morgan fingerprint density at radius 2 is 1.65 bits per heavy atom. The molecule has 2 aromatic carbocycles. The van der Waals surface area contributed by atoms with Crippen LogP contribution in [0.3, 0.4) is 0 Å². The van der Waals surface area contributed by atoms with Gasteiger partial charge in [-0.3, -0.25) is 9.36 Å². The second kappa shape index (κ2) is 6.30. The number of rotatable bonds is 3. The fourth-order valence-corrected chi connectivity index (χ4v) is 3.32. The third-order valence-corrected chi connectivity index (χ3v) is 4.66. The maximum Gasteiger partial charge on any atom is 0.298 e. The maximum atomic E-state index is 13.0. The molecule has 4 aromatic rings. The van der Waals surface area contributed by atoms with Gasteiger partial charge in [0.25, 0.3) is 5.56 Å². The van der Waals surface area contributed by atoms with E-state index in [1.165, 1.54) is 5.56 Å². The van der Waals surface area contributed by atoms with Crippen molar-refractivity contribution in [1.82, 2.24) is 14.0 Å². The van der Waals surface area contributed by atoms with E-state index < -0.39 is 0 Å². The highest BCUT2D eigenvalue weighted by molar-refractivity contribution is 5.62. The predicted molar refractivity (Wildman–Crippen MR) is 105 cm³/mol. The Labute approximate surface area is 152 Å². The molecule has 4 heteroatoms. The fraction of sp³-hybridized carbons (Fsp3) is 0.182. The molecule has 0 aliphatic rings. The van der Waals surface area contributed by atoms with E-state index in [9.17, 15) is 4.79 Å². The highest BCUT2D eigenvalue weighted by atomic mass is 16.1. The van der Waals surface area contributed by atoms with Crippen molar-refractivity contribution in [3.8, 4) is 16.9 Å². The molecule has 0 spiro atoms. The van der Waals surface area contributed by atoms with Crippen molar-refractivity contribution < 1.29 is 0 Å². The molecule has 0 N–H and O–H groups in total. The first kappa shape index (κ1) is 16.3. The summed E-state index contributed by atoms with van der Waals surface area (Å²) in [6.07, 6.45) is 6.59. The van der Waals surface area contributed by atoms with E-state index in [-0.39, 0.29) is 5.56 Å². The van der Waals surface area contributed by atoms with E-state index in [2.05, 4.69) is 42.2 Å². The summed E-state index contributed by atoms with van der Waals surface area (Å²) in [7, 11) is 0. The quantitative estimate of drug-likeness (QED) is 0.555. The molecular weight excluding hydrogens is 322 g/mol. The molecule has 130 valence electrons. The van der Waals surface area contributed by atoms with Crippen molar-refractivity contribution in [2.24, 2.45) is 0 Å². The number of nitrogens with zero attached hydrogens (tertiary/aromatic N) is 3. The molecule has 2 heterocycles. The van der Waals surface area contributed by atoms with Gasteiger partial charge < -0.3 is 4.40 Å². The van der Waals surface area contributed by atoms with E-state index in [1.807, 2.05) is 38.4 Å². The fourth-order valence-electron chi connectivity index (χ4n) is 3.32. The summed E-state index contributed by atoms with van der Waals surface area (Å²) in [5.74, 6) is 0. The minimum absolute atomic E-state index is 0.117. The molecule has 0 radical (unpaired) electrons. The smallest absolute Gasteiger partial charge is 0.298 e. The summed E-state index contributed by atoms with van der Waals surface area (Å²) in [6, 6.07) is 14.4. The molecule has 4 nitrogen and oxygen atoms in total. The number of imidazole rings is 1. The van der Waals surface area contributed by atoms with Crippen LogP contribution in [0, 0.1) is 13.8 Å². The van der Waals surface area contributed by atoms with Gasteiger partial charge in [-0.05, 0) is 49.1 Å². The summed E-state index contributed by atoms with van der Waals surface area (Å²) in [4.78, 5) is 17.6. The summed E-state index contributed by atoms with van der Waals surface area (Å²) in [5, 5.41) is 0. The summed E-state index contributed by atoms with van der Waals surface area (Å²) in [6.45, 7) is 6.21. The number of hydrogen-bond acceptors (Lipinski definition) is 2. The topological polar surface area (TPSA) is 39.3 Å². The van der Waals surface area contributed by atoms with Crippen LogP contribution in [0.4, 0.5) is 0 Å². The first-order valence-electron chi connectivity index (χ1n) is 8.83. The van der Waals surface area contributed by atoms with Crippen LogP contribution in [0.1, 0.15) is 23.6 Å². The van der Waals surface area contributed by atoms with Gasteiger partial charge in [-0.1, -0.05) is 37.3 Å². The van der Waals surface area contributed by atoms with E-state index in [0.29, 0.717) is 5.65 Å². The van der Waals surface area contributed by atoms with Gasteiger partial charge in [0.05, 0.1) is 5.69 Å². The van der Waals surface area contributed by atoms with Gasteiger partial charge in [0, 0.05) is 29.8 Å². The number of aromatic nitrogens is 3. The van der Waals surface area contributed by atoms with Crippen molar-refractivity contribution in [2.45, 2.75) is 27.2 Å². The minimum Gasteiger partial charge on any atom is -0.300 e. The second-order valence-electron chi connectivity index (χ2n) is 6.73. The number of hydrogen-bond donors (Lipinski definition) is 0. The molecule has 0 atom stereocenters. The molecule has 0 amide bonds. The SMILES string of the molecule is CCc1ccc(-c2cn3ccn(-c4cc(C)cc(C)c4)c(=O)c3n2)cc1. The Bertz CT molecular complexity index is 1130. The lowest BCUT2D eigenvalue weighted by atomic mass is 10.1. The second-order valence-corrected chi connectivity index (χ2v) is 6.73. The normalized spacial score (nSPS) is 11.2. The lowest BCUT2D eigenvalue weighted by Gasteiger charge is -2.08. The third kappa shape index (κ3) is 2.84. The van der Waals surface area contributed by atoms with Crippen LogP contribution in [0.25, 0.3) is 22.6 Å². The van der Waals surface area contributed by atoms with Crippen molar-refractivity contribution in [3.63, 3.8) is 0 Å². The van der Waals surface area contributed by atoms with E-state index >= 15 is 0 Å². The van der Waals surface area contributed by atoms with Crippen LogP contribution >= 0.6 is 0 Å². The van der Waals surface area contributed by atoms with Crippen molar-refractivity contribution >= 4 is 5.65 Å². The van der Waals surface area contributed by atoms with Gasteiger partial charge in [0.2, 0.25) is 5.65 Å². The van der Waals surface area contributed by atoms with Gasteiger partial charge >= 0.3 is 0 Å². The first-order valence-corrected chi connectivity index (χ1v) is 8.83. The molecule has 2 aromatic heterocycles. The third-order valence-electron chi connectivity index (χ3n) is 4.66. The largest absolute Gasteiger partial charge is 0.300 e. The lowest BCUT2D eigenvalue weighted by Crippen LogP contribution is -2.20. The van der Waals surface area contributed by atoms with Gasteiger partial charge in [-0.15, -0.1) is 0 Å². The maximum absolute atomic E-state index is 13.0. The van der Waals surface area contributed by atoms with Crippen LogP contribution in [-0.2, 0) is 6.42 Å². The zero-order valence-corrected chi connectivity index (χ0v) is 15.2. The molecular formula is C22H21N3O. The van der Waals surface area contributed by atoms with Crippen LogP contribution in [0.2, 0.25) is 0 Å². The van der Waals surface area contributed by atoms with Crippen LogP contribution in [0.15, 0.2) is 65.8 Å². The van der Waals surface area contributed by atoms with Gasteiger partial charge in [0.1, 0.15) is 0 Å². The highest BCUT2D eigenvalue weighted by Gasteiger charge is 2.11. The van der Waals surface area contributed by atoms with Crippen LogP contribution < -0.4 is 5.56 Å². The minimum atomic E-state index is -0.117. The van der Waals surface area contributed by atoms with Crippen molar-refractivity contribution in [3.05, 3.63) is 88.1 Å². The Balaban J connectivity index is 1.84. The Morgan fingerprint density at radius 3 is 2.31 bits per heavy atom. The zero-order valence-electron chi connectivity index (χ0n) is 15.2. The molecule has 0 fully saturated rings. The monoisotopic (exact) mass is 343 g/mol. The van der Waals surface area contributed by atoms with Gasteiger partial charge in [0.15, 0.2) is 0 Å². The van der Waals surface area contributed by atoms with Gasteiger partial charge in [-0.25, -0.2) is 4.98 Å². The number of aryl methyl sites for hydroxylation is 3. The van der Waals surface area contributed by atoms with Crippen molar-refractivity contribution in [1.29, 1.82) is 0 Å². The molecule has 26 heavy (non-hydrogen) atoms. The standard InChI is InChI=1S/C22H21N3O/c1-4-17-5-7-18(8-6-17)20-14-24-9-10-25(22(26)21(24)23-20)19-12-15(2)11-16(3)13-19/h5-14H,4H2,1-3H3. The Hall–Kier alpha value is -3.14. The summed E-state index contributed by atoms with van der Waals surface area (Å²) < 4.78 is 3.46. The highest BCUT2D eigenvalue weighted by Crippen LogP contribution is 2.19. The summed E-state index contributed by atoms with van der Waals surface area (Å²) in [5.41, 5.74) is 6.56. The number of fused-ring (bicyclic) bond motifs is 1. The molecule has 0 saturated heterocycles. The molecule has 0 aliphatic carbocycles. The molecule has 4 rings (SSSR count). The summed E-state index contributed by atoms with van der Waals surface area (Å²) >= 11 is 0. The van der Waals surface area contributed by atoms with Crippen molar-refractivity contribution in [2.75, 3.05) is 0 Å². The molecule has 0 bridgehead atoms. The Kier molecular flexibility index (Phi) is 3.96. The zero-order chi connectivity index (χ0) is 18.3. The average Bonchev–Trinajstić information content (AvgIpc) is 3.06. The van der Waals surface area contributed by atoms with E-state index in [4.69, 9.17) is 0 Å². The van der Waals surface area contributed by atoms with Gasteiger partial charge in [-0.2, -0.15) is 0 Å².